The third-order valence-corrected chi connectivity index (χ3v) is 7.59. The molecule has 0 bridgehead atoms. The van der Waals surface area contributed by atoms with Gasteiger partial charge in [-0.2, -0.15) is 0 Å². The molecule has 0 radical (unpaired) electrons. The van der Waals surface area contributed by atoms with Crippen molar-refractivity contribution in [2.45, 2.75) is 22.8 Å². The van der Waals surface area contributed by atoms with Crippen LogP contribution in [0.15, 0.2) is 88.8 Å². The summed E-state index contributed by atoms with van der Waals surface area (Å²) in [4.78, 5) is 25.3. The van der Waals surface area contributed by atoms with Crippen LogP contribution in [0.4, 0.5) is 19.3 Å². The summed E-state index contributed by atoms with van der Waals surface area (Å²) in [5.74, 6) is -2.13. The van der Waals surface area contributed by atoms with E-state index < -0.39 is 56.0 Å². The van der Waals surface area contributed by atoms with Crippen molar-refractivity contribution < 1.29 is 36.4 Å². The molecule has 0 aliphatic heterocycles. The van der Waals surface area contributed by atoms with Crippen LogP contribution in [0.5, 0.6) is 5.75 Å². The minimum Gasteiger partial charge on any atom is -0.429 e. The molecule has 3 aromatic carbocycles. The van der Waals surface area contributed by atoms with Crippen LogP contribution in [0.25, 0.3) is 0 Å². The Labute approximate surface area is 225 Å². The highest BCUT2D eigenvalue weighted by Gasteiger charge is 2.28. The molecule has 200 valence electrons. The fourth-order valence-corrected chi connectivity index (χ4v) is 5.26. The largest absolute Gasteiger partial charge is 0.514 e. The molecule has 0 unspecified atom stereocenters. The smallest absolute Gasteiger partial charge is 0.429 e. The Kier molecular flexibility index (Phi) is 8.17. The second-order valence-electron chi connectivity index (χ2n) is 7.97. The number of rotatable bonds is 8. The van der Waals surface area contributed by atoms with Crippen LogP contribution in [0.3, 0.4) is 0 Å². The molecule has 39 heavy (non-hydrogen) atoms. The normalized spacial score (nSPS) is 11.2. The van der Waals surface area contributed by atoms with E-state index in [0.717, 1.165) is 24.3 Å². The van der Waals surface area contributed by atoms with E-state index in [2.05, 4.69) is 4.98 Å². The Hall–Kier alpha value is -4.42. The summed E-state index contributed by atoms with van der Waals surface area (Å²) in [6, 6.07) is 14.3. The molecule has 1 heterocycles. The number of hydrogen-bond donors (Lipinski definition) is 0. The minimum absolute atomic E-state index is 0.00381. The van der Waals surface area contributed by atoms with Crippen LogP contribution >= 0.6 is 11.6 Å². The Morgan fingerprint density at radius 1 is 0.974 bits per heavy atom. The lowest BCUT2D eigenvalue weighted by molar-refractivity contribution is -0.384. The van der Waals surface area contributed by atoms with Gasteiger partial charge in [0.25, 0.3) is 5.69 Å². The van der Waals surface area contributed by atoms with Crippen molar-refractivity contribution in [1.29, 1.82) is 0 Å². The molecular weight excluding hydrogens is 558 g/mol. The standard InChI is InChI=1S/C26H17ClF2N2O7S/c27-17-3-9-20(10-4-17)39(35,36)25-21(22(28)11-12-23(25)29)14-24-16(2-1-13-30-24)15-37-26(32)38-19-7-5-18(6-8-19)31(33)34/h1-13H,14-15H2. The number of aromatic nitrogens is 1. The Balaban J connectivity index is 1.57. The number of benzene rings is 3. The molecular formula is C26H17ClF2N2O7S. The van der Waals surface area contributed by atoms with Gasteiger partial charge in [-0.1, -0.05) is 17.7 Å². The molecule has 0 atom stereocenters. The fourth-order valence-electron chi connectivity index (χ4n) is 3.59. The Bertz CT molecular complexity index is 1650. The van der Waals surface area contributed by atoms with E-state index >= 15 is 0 Å². The topological polar surface area (TPSA) is 126 Å². The monoisotopic (exact) mass is 574 g/mol. The Morgan fingerprint density at radius 3 is 2.31 bits per heavy atom. The van der Waals surface area contributed by atoms with Gasteiger partial charge in [0, 0.05) is 40.9 Å². The molecule has 0 fully saturated rings. The predicted molar refractivity (Wildman–Crippen MR) is 134 cm³/mol. The third kappa shape index (κ3) is 6.36. The first kappa shape index (κ1) is 27.6. The highest BCUT2D eigenvalue weighted by molar-refractivity contribution is 7.91. The maximum atomic E-state index is 15.0. The highest BCUT2D eigenvalue weighted by atomic mass is 35.5. The molecule has 4 rings (SSSR count). The number of pyridine rings is 1. The zero-order valence-electron chi connectivity index (χ0n) is 19.7. The molecule has 0 N–H and O–H groups in total. The number of nitrogens with zero attached hydrogens (tertiary/aromatic N) is 2. The zero-order chi connectivity index (χ0) is 28.2. The van der Waals surface area contributed by atoms with Crippen molar-refractivity contribution in [3.63, 3.8) is 0 Å². The molecule has 0 saturated heterocycles. The van der Waals surface area contributed by atoms with Crippen LogP contribution in [-0.4, -0.2) is 24.5 Å². The number of nitro groups is 1. The van der Waals surface area contributed by atoms with E-state index in [1.807, 2.05) is 0 Å². The highest BCUT2D eigenvalue weighted by Crippen LogP contribution is 2.31. The van der Waals surface area contributed by atoms with Gasteiger partial charge in [-0.3, -0.25) is 15.1 Å². The van der Waals surface area contributed by atoms with Crippen molar-refractivity contribution in [3.05, 3.63) is 123 Å². The number of carbonyl (C=O) groups excluding carboxylic acids is 1. The molecule has 4 aromatic rings. The van der Waals surface area contributed by atoms with E-state index in [9.17, 15) is 32.1 Å². The number of non-ortho nitro benzene ring substituents is 1. The zero-order valence-corrected chi connectivity index (χ0v) is 21.3. The van der Waals surface area contributed by atoms with Crippen molar-refractivity contribution in [2.75, 3.05) is 0 Å². The average molecular weight is 575 g/mol. The lowest BCUT2D eigenvalue weighted by Gasteiger charge is -2.15. The maximum Gasteiger partial charge on any atom is 0.514 e. The van der Waals surface area contributed by atoms with E-state index in [4.69, 9.17) is 21.1 Å². The lowest BCUT2D eigenvalue weighted by Crippen LogP contribution is -2.14. The van der Waals surface area contributed by atoms with Gasteiger partial charge in [0.1, 0.15) is 28.9 Å². The van der Waals surface area contributed by atoms with Crippen molar-refractivity contribution >= 4 is 33.3 Å². The molecule has 0 aliphatic rings. The number of nitro benzene ring substituents is 1. The first-order valence-electron chi connectivity index (χ1n) is 11.1. The van der Waals surface area contributed by atoms with Crippen LogP contribution in [0.2, 0.25) is 5.02 Å². The summed E-state index contributed by atoms with van der Waals surface area (Å²) in [6.07, 6.45) is -0.219. The Morgan fingerprint density at radius 2 is 1.64 bits per heavy atom. The van der Waals surface area contributed by atoms with Crippen LogP contribution in [0, 0.1) is 21.7 Å². The van der Waals surface area contributed by atoms with Gasteiger partial charge in [0.05, 0.1) is 15.5 Å². The van der Waals surface area contributed by atoms with Crippen molar-refractivity contribution in [2.24, 2.45) is 0 Å². The van der Waals surface area contributed by atoms with Crippen molar-refractivity contribution in [1.82, 2.24) is 4.98 Å². The first-order chi connectivity index (χ1) is 18.6. The average Bonchev–Trinajstić information content (AvgIpc) is 2.90. The molecule has 0 aliphatic carbocycles. The predicted octanol–water partition coefficient (Wildman–Crippen LogP) is 6.06. The first-order valence-corrected chi connectivity index (χ1v) is 12.9. The van der Waals surface area contributed by atoms with Crippen molar-refractivity contribution in [3.8, 4) is 5.75 Å². The number of sulfone groups is 1. The third-order valence-electron chi connectivity index (χ3n) is 5.47. The quantitative estimate of drug-likeness (QED) is 0.108. The van der Waals surface area contributed by atoms with Gasteiger partial charge < -0.3 is 9.47 Å². The van der Waals surface area contributed by atoms with Crippen LogP contribution in [-0.2, 0) is 27.6 Å². The van der Waals surface area contributed by atoms with E-state index in [0.29, 0.717) is 0 Å². The van der Waals surface area contributed by atoms with E-state index in [1.54, 1.807) is 0 Å². The summed E-state index contributed by atoms with van der Waals surface area (Å²) >= 11 is 5.83. The molecule has 13 heteroatoms. The van der Waals surface area contributed by atoms with Gasteiger partial charge >= 0.3 is 6.16 Å². The molecule has 9 nitrogen and oxygen atoms in total. The number of hydrogen-bond acceptors (Lipinski definition) is 8. The van der Waals surface area contributed by atoms with Gasteiger partial charge in [-0.15, -0.1) is 0 Å². The molecule has 0 amide bonds. The second-order valence-corrected chi connectivity index (χ2v) is 10.3. The maximum absolute atomic E-state index is 15.0. The van der Waals surface area contributed by atoms with Gasteiger partial charge in [0.2, 0.25) is 9.84 Å². The fraction of sp³-hybridized carbons (Fsp3) is 0.0769. The van der Waals surface area contributed by atoms with Gasteiger partial charge in [0.15, 0.2) is 0 Å². The minimum atomic E-state index is -4.49. The van der Waals surface area contributed by atoms with E-state index in [1.165, 1.54) is 54.7 Å². The summed E-state index contributed by atoms with van der Waals surface area (Å²) < 4.78 is 66.5. The summed E-state index contributed by atoms with van der Waals surface area (Å²) in [5, 5.41) is 11.0. The second kappa shape index (κ2) is 11.5. The number of halogens is 3. The SMILES string of the molecule is O=C(OCc1cccnc1Cc1c(F)ccc(F)c1S(=O)(=O)c1ccc(Cl)cc1)Oc1ccc([N+](=O)[O-])cc1. The molecule has 0 saturated carbocycles. The lowest BCUT2D eigenvalue weighted by atomic mass is 10.0. The molecule has 0 spiro atoms. The number of carbonyl (C=O) groups is 1. The summed E-state index contributed by atoms with van der Waals surface area (Å²) in [6.45, 7) is -0.398. The van der Waals surface area contributed by atoms with Gasteiger partial charge in [-0.05, 0) is 54.6 Å². The van der Waals surface area contributed by atoms with Gasteiger partial charge in [-0.25, -0.2) is 22.0 Å². The van der Waals surface area contributed by atoms with E-state index in [-0.39, 0.29) is 32.6 Å². The number of ether oxygens (including phenoxy) is 2. The van der Waals surface area contributed by atoms with Crippen LogP contribution < -0.4 is 4.74 Å². The van der Waals surface area contributed by atoms with Crippen LogP contribution in [0.1, 0.15) is 16.8 Å². The molecule has 1 aromatic heterocycles. The summed E-state index contributed by atoms with van der Waals surface area (Å²) in [7, 11) is -4.49. The summed E-state index contributed by atoms with van der Waals surface area (Å²) in [5.41, 5.74) is -0.259.